The molecule has 0 radical (unpaired) electrons. The highest BCUT2D eigenvalue weighted by atomic mass is 16.5. The van der Waals surface area contributed by atoms with E-state index in [-0.39, 0.29) is 17.7 Å². The summed E-state index contributed by atoms with van der Waals surface area (Å²) >= 11 is 0. The average Bonchev–Trinajstić information content (AvgIpc) is 3.00. The fraction of sp³-hybridized carbons (Fsp3) is 0.364. The second-order valence-electron chi connectivity index (χ2n) is 10.7. The van der Waals surface area contributed by atoms with Crippen LogP contribution in [0.15, 0.2) is 72.8 Å². The third-order valence-electron chi connectivity index (χ3n) is 7.95. The number of esters is 1. The van der Waals surface area contributed by atoms with Gasteiger partial charge >= 0.3 is 5.97 Å². The fourth-order valence-corrected chi connectivity index (χ4v) is 5.71. The van der Waals surface area contributed by atoms with Crippen LogP contribution in [-0.2, 0) is 22.5 Å². The summed E-state index contributed by atoms with van der Waals surface area (Å²) in [4.78, 5) is 26.7. The van der Waals surface area contributed by atoms with Crippen molar-refractivity contribution >= 4 is 17.7 Å². The van der Waals surface area contributed by atoms with E-state index in [9.17, 15) is 9.59 Å². The Balaban J connectivity index is 1.58. The van der Waals surface area contributed by atoms with Gasteiger partial charge in [-0.2, -0.15) is 0 Å². The number of hydrogen-bond donors (Lipinski definition) is 4. The first-order valence-electron chi connectivity index (χ1n) is 14.1. The van der Waals surface area contributed by atoms with E-state index in [2.05, 4.69) is 11.4 Å². The Morgan fingerprint density at radius 1 is 0.925 bits per heavy atom. The highest BCUT2D eigenvalue weighted by Gasteiger charge is 2.33. The molecule has 0 bridgehead atoms. The number of carbonyl (C=O) groups excluding carboxylic acids is 2. The Morgan fingerprint density at radius 2 is 1.62 bits per heavy atom. The molecule has 1 aliphatic rings. The van der Waals surface area contributed by atoms with Gasteiger partial charge in [0.15, 0.2) is 0 Å². The topological polar surface area (TPSA) is 131 Å². The third-order valence-corrected chi connectivity index (χ3v) is 7.95. The summed E-state index contributed by atoms with van der Waals surface area (Å²) in [5.41, 5.74) is 16.6. The summed E-state index contributed by atoms with van der Waals surface area (Å²) in [6.45, 7) is 0.469. The predicted octanol–water partition coefficient (Wildman–Crippen LogP) is 5.20. The predicted molar refractivity (Wildman–Crippen MR) is 159 cm³/mol. The number of amidine groups is 1. The molecule has 1 amide bonds. The maximum absolute atomic E-state index is 13.5. The lowest BCUT2D eigenvalue weighted by atomic mass is 9.80. The number of amides is 1. The van der Waals surface area contributed by atoms with Gasteiger partial charge in [0.25, 0.3) is 5.91 Å². The minimum absolute atomic E-state index is 0.0262. The SMILES string of the molecule is COC(=O)[C@H](Cc1cccc(C(=N)N)c1)[C@@H](CC1CCCCC1)NC(=O)c1ccc(-c2cccc(CN)c2)cc1. The molecule has 0 heterocycles. The smallest absolute Gasteiger partial charge is 0.311 e. The summed E-state index contributed by atoms with van der Waals surface area (Å²) in [5, 5.41) is 11.0. The first kappa shape index (κ1) is 29.0. The van der Waals surface area contributed by atoms with Gasteiger partial charge in [0, 0.05) is 23.7 Å². The van der Waals surface area contributed by atoms with Crippen molar-refractivity contribution in [3.63, 3.8) is 0 Å². The number of hydrogen-bond acceptors (Lipinski definition) is 5. The van der Waals surface area contributed by atoms with Gasteiger partial charge in [-0.15, -0.1) is 0 Å². The van der Waals surface area contributed by atoms with Crippen molar-refractivity contribution in [3.05, 3.63) is 95.1 Å². The van der Waals surface area contributed by atoms with E-state index in [1.54, 1.807) is 6.07 Å². The molecule has 0 saturated heterocycles. The van der Waals surface area contributed by atoms with Gasteiger partial charge in [0.2, 0.25) is 0 Å². The molecule has 3 aromatic rings. The molecule has 3 aromatic carbocycles. The number of nitrogen functional groups attached to an aromatic ring is 1. The zero-order valence-corrected chi connectivity index (χ0v) is 23.2. The molecule has 6 N–H and O–H groups in total. The van der Waals surface area contributed by atoms with Crippen LogP contribution in [0, 0.1) is 17.2 Å². The number of methoxy groups -OCH3 is 1. The van der Waals surface area contributed by atoms with Crippen LogP contribution < -0.4 is 16.8 Å². The van der Waals surface area contributed by atoms with Crippen molar-refractivity contribution < 1.29 is 14.3 Å². The van der Waals surface area contributed by atoms with Crippen molar-refractivity contribution in [2.24, 2.45) is 23.3 Å². The van der Waals surface area contributed by atoms with Crippen molar-refractivity contribution in [1.29, 1.82) is 5.41 Å². The molecule has 0 spiro atoms. The molecule has 40 heavy (non-hydrogen) atoms. The maximum Gasteiger partial charge on any atom is 0.311 e. The van der Waals surface area contributed by atoms with E-state index in [1.165, 1.54) is 26.4 Å². The number of nitrogens with one attached hydrogen (secondary N) is 2. The zero-order chi connectivity index (χ0) is 28.5. The van der Waals surface area contributed by atoms with Gasteiger partial charge in [-0.25, -0.2) is 0 Å². The highest BCUT2D eigenvalue weighted by molar-refractivity contribution is 5.96. The quantitative estimate of drug-likeness (QED) is 0.151. The molecule has 1 fully saturated rings. The second-order valence-corrected chi connectivity index (χ2v) is 10.7. The van der Waals surface area contributed by atoms with Gasteiger partial charge in [-0.05, 0) is 65.3 Å². The zero-order valence-electron chi connectivity index (χ0n) is 23.2. The molecular formula is C33H40N4O3. The van der Waals surface area contributed by atoms with E-state index in [0.29, 0.717) is 36.4 Å². The summed E-state index contributed by atoms with van der Waals surface area (Å²) in [6.07, 6.45) is 6.84. The lowest BCUT2D eigenvalue weighted by Crippen LogP contribution is -2.46. The summed E-state index contributed by atoms with van der Waals surface area (Å²) in [6, 6.07) is 22.5. The van der Waals surface area contributed by atoms with Crippen molar-refractivity contribution in [2.75, 3.05) is 7.11 Å². The standard InChI is InChI=1S/C33H40N4O3/c1-40-33(39)29(19-23-9-5-12-28(17-23)31(35)36)30(20-22-7-3-2-4-8-22)37-32(38)26-15-13-25(14-16-26)27-11-6-10-24(18-27)21-34/h5-6,9-18,22,29-30H,2-4,7-8,19-21,34H2,1H3,(H3,35,36)(H,37,38)/t29-,30-/m1/s1. The van der Waals surface area contributed by atoms with Gasteiger partial charge in [-0.3, -0.25) is 15.0 Å². The number of ether oxygens (including phenoxy) is 1. The minimum atomic E-state index is -0.573. The minimum Gasteiger partial charge on any atom is -0.469 e. The molecule has 4 rings (SSSR count). The van der Waals surface area contributed by atoms with Crippen LogP contribution >= 0.6 is 0 Å². The van der Waals surface area contributed by atoms with Crippen LogP contribution in [0.25, 0.3) is 11.1 Å². The molecule has 7 heteroatoms. The van der Waals surface area contributed by atoms with E-state index in [1.807, 2.05) is 60.7 Å². The van der Waals surface area contributed by atoms with Crippen LogP contribution in [0.1, 0.15) is 65.6 Å². The molecular weight excluding hydrogens is 500 g/mol. The molecule has 1 aliphatic carbocycles. The molecule has 210 valence electrons. The molecule has 0 unspecified atom stereocenters. The van der Waals surface area contributed by atoms with Gasteiger partial charge in [0.1, 0.15) is 5.84 Å². The van der Waals surface area contributed by atoms with E-state index < -0.39 is 12.0 Å². The van der Waals surface area contributed by atoms with E-state index in [4.69, 9.17) is 21.6 Å². The first-order chi connectivity index (χ1) is 19.4. The van der Waals surface area contributed by atoms with Gasteiger partial charge in [0.05, 0.1) is 13.0 Å². The number of nitrogens with two attached hydrogens (primary N) is 2. The molecule has 1 saturated carbocycles. The molecule has 7 nitrogen and oxygen atoms in total. The lowest BCUT2D eigenvalue weighted by molar-refractivity contribution is -0.146. The van der Waals surface area contributed by atoms with Crippen LogP contribution in [0.5, 0.6) is 0 Å². The van der Waals surface area contributed by atoms with Gasteiger partial charge < -0.3 is 21.5 Å². The number of benzene rings is 3. The normalized spacial score (nSPS) is 15.2. The fourth-order valence-electron chi connectivity index (χ4n) is 5.71. The highest BCUT2D eigenvalue weighted by Crippen LogP contribution is 2.31. The maximum atomic E-state index is 13.5. The first-order valence-corrected chi connectivity index (χ1v) is 14.1. The lowest BCUT2D eigenvalue weighted by Gasteiger charge is -2.31. The Hall–Kier alpha value is -3.97. The number of rotatable bonds is 11. The van der Waals surface area contributed by atoms with E-state index >= 15 is 0 Å². The van der Waals surface area contributed by atoms with Crippen LogP contribution in [-0.4, -0.2) is 30.9 Å². The largest absolute Gasteiger partial charge is 0.469 e. The summed E-state index contributed by atoms with van der Waals surface area (Å²) in [5.74, 6) is -0.732. The third kappa shape index (κ3) is 7.57. The van der Waals surface area contributed by atoms with Crippen LogP contribution in [0.4, 0.5) is 0 Å². The molecule has 2 atom stereocenters. The van der Waals surface area contributed by atoms with Crippen molar-refractivity contribution in [2.45, 2.75) is 57.5 Å². The monoisotopic (exact) mass is 540 g/mol. The van der Waals surface area contributed by atoms with Crippen LogP contribution in [0.3, 0.4) is 0 Å². The number of carbonyl (C=O) groups is 2. The molecule has 0 aliphatic heterocycles. The van der Waals surface area contributed by atoms with E-state index in [0.717, 1.165) is 35.1 Å². The Bertz CT molecular complexity index is 1320. The van der Waals surface area contributed by atoms with Crippen molar-refractivity contribution in [3.8, 4) is 11.1 Å². The van der Waals surface area contributed by atoms with Crippen LogP contribution in [0.2, 0.25) is 0 Å². The summed E-state index contributed by atoms with van der Waals surface area (Å²) in [7, 11) is 1.39. The Morgan fingerprint density at radius 3 is 2.30 bits per heavy atom. The Kier molecular flexibility index (Phi) is 10.1. The average molecular weight is 541 g/mol. The summed E-state index contributed by atoms with van der Waals surface area (Å²) < 4.78 is 5.24. The van der Waals surface area contributed by atoms with Crippen molar-refractivity contribution in [1.82, 2.24) is 5.32 Å². The molecule has 0 aromatic heterocycles. The van der Waals surface area contributed by atoms with Gasteiger partial charge in [-0.1, -0.05) is 80.6 Å². The Labute approximate surface area is 236 Å². The second kappa shape index (κ2) is 13.9.